The Balaban J connectivity index is 2.01. The van der Waals surface area contributed by atoms with Crippen molar-refractivity contribution >= 4 is 6.03 Å². The summed E-state index contributed by atoms with van der Waals surface area (Å²) < 4.78 is 13.2. The second-order valence-electron chi connectivity index (χ2n) is 6.79. The topological polar surface area (TPSA) is 55.7 Å². The predicted molar refractivity (Wildman–Crippen MR) is 105 cm³/mol. The molecule has 1 aromatic carbocycles. The minimum absolute atomic E-state index is 0.0287. The third-order valence-corrected chi connectivity index (χ3v) is 5.35. The average molecular weight is 371 g/mol. The van der Waals surface area contributed by atoms with Gasteiger partial charge in [0.2, 0.25) is 0 Å². The molecule has 1 aromatic heterocycles. The lowest BCUT2D eigenvalue weighted by Gasteiger charge is -2.38. The summed E-state index contributed by atoms with van der Waals surface area (Å²) in [6.45, 7) is 5.63. The molecule has 0 spiro atoms. The standard InChI is InChI=1S/C21H29N3O3/c1-5-15(6-2)22-21(25)24-13-12-23-11-7-8-18(23)20(24)17-10-9-16(26-3)14-19(17)27-4/h7-11,14-15,20H,5-6,12-13H2,1-4H3,(H,22,25)/t20-/m0/s1. The zero-order valence-electron chi connectivity index (χ0n) is 16.6. The first-order valence-electron chi connectivity index (χ1n) is 9.57. The maximum Gasteiger partial charge on any atom is 0.318 e. The van der Waals surface area contributed by atoms with Crippen molar-refractivity contribution in [2.24, 2.45) is 0 Å². The van der Waals surface area contributed by atoms with Crippen molar-refractivity contribution in [1.29, 1.82) is 0 Å². The number of nitrogens with one attached hydrogen (secondary N) is 1. The lowest BCUT2D eigenvalue weighted by atomic mass is 9.98. The minimum Gasteiger partial charge on any atom is -0.497 e. The molecule has 146 valence electrons. The summed E-state index contributed by atoms with van der Waals surface area (Å²) in [5, 5.41) is 3.18. The Morgan fingerprint density at radius 1 is 1.19 bits per heavy atom. The van der Waals surface area contributed by atoms with Crippen LogP contribution in [0.25, 0.3) is 0 Å². The number of ether oxygens (including phenoxy) is 2. The molecular formula is C21H29N3O3. The zero-order valence-corrected chi connectivity index (χ0v) is 16.6. The molecule has 0 saturated carbocycles. The van der Waals surface area contributed by atoms with Gasteiger partial charge in [-0.2, -0.15) is 0 Å². The van der Waals surface area contributed by atoms with Gasteiger partial charge in [0.05, 0.1) is 14.2 Å². The van der Waals surface area contributed by atoms with Gasteiger partial charge < -0.3 is 24.3 Å². The van der Waals surface area contributed by atoms with Crippen molar-refractivity contribution < 1.29 is 14.3 Å². The number of hydrogen-bond donors (Lipinski definition) is 1. The highest BCUT2D eigenvalue weighted by Crippen LogP contribution is 2.38. The number of benzene rings is 1. The molecule has 0 bridgehead atoms. The number of aromatic nitrogens is 1. The van der Waals surface area contributed by atoms with E-state index in [1.54, 1.807) is 14.2 Å². The molecule has 3 rings (SSSR count). The number of hydrogen-bond acceptors (Lipinski definition) is 3. The van der Waals surface area contributed by atoms with Crippen molar-refractivity contribution in [3.63, 3.8) is 0 Å². The first-order valence-corrected chi connectivity index (χ1v) is 9.57. The van der Waals surface area contributed by atoms with Crippen molar-refractivity contribution in [2.75, 3.05) is 20.8 Å². The van der Waals surface area contributed by atoms with Crippen LogP contribution in [0.5, 0.6) is 11.5 Å². The number of carbonyl (C=O) groups excluding carboxylic acids is 1. The Labute approximate surface area is 161 Å². The average Bonchev–Trinajstić information content (AvgIpc) is 3.19. The van der Waals surface area contributed by atoms with Crippen LogP contribution >= 0.6 is 0 Å². The molecule has 0 aliphatic carbocycles. The number of urea groups is 1. The van der Waals surface area contributed by atoms with E-state index in [4.69, 9.17) is 9.47 Å². The molecule has 1 aliphatic rings. The SMILES string of the molecule is CCC(CC)NC(=O)N1CCn2cccc2[C@@H]1c1ccc(OC)cc1OC. The van der Waals surface area contributed by atoms with Crippen LogP contribution in [-0.4, -0.2) is 42.3 Å². The van der Waals surface area contributed by atoms with E-state index in [1.165, 1.54) is 0 Å². The van der Waals surface area contributed by atoms with Gasteiger partial charge in [0, 0.05) is 42.7 Å². The van der Waals surface area contributed by atoms with Gasteiger partial charge in [0.1, 0.15) is 17.5 Å². The summed E-state index contributed by atoms with van der Waals surface area (Å²) in [6.07, 6.45) is 3.90. The second kappa shape index (κ2) is 8.37. The summed E-state index contributed by atoms with van der Waals surface area (Å²) in [4.78, 5) is 15.0. The van der Waals surface area contributed by atoms with Crippen LogP contribution in [0.2, 0.25) is 0 Å². The van der Waals surface area contributed by atoms with E-state index in [9.17, 15) is 4.79 Å². The third-order valence-electron chi connectivity index (χ3n) is 5.35. The smallest absolute Gasteiger partial charge is 0.318 e. The van der Waals surface area contributed by atoms with Crippen molar-refractivity contribution in [3.05, 3.63) is 47.8 Å². The molecule has 6 heteroatoms. The van der Waals surface area contributed by atoms with Gasteiger partial charge in [0.25, 0.3) is 0 Å². The van der Waals surface area contributed by atoms with Gasteiger partial charge in [-0.1, -0.05) is 13.8 Å². The van der Waals surface area contributed by atoms with Crippen LogP contribution in [-0.2, 0) is 6.54 Å². The molecule has 6 nitrogen and oxygen atoms in total. The molecule has 2 amide bonds. The van der Waals surface area contributed by atoms with Crippen molar-refractivity contribution in [2.45, 2.75) is 45.3 Å². The number of rotatable bonds is 6. The summed E-state index contributed by atoms with van der Waals surface area (Å²) in [6, 6.07) is 9.83. The van der Waals surface area contributed by atoms with E-state index in [0.29, 0.717) is 12.3 Å². The third kappa shape index (κ3) is 3.75. The van der Waals surface area contributed by atoms with Gasteiger partial charge in [-0.05, 0) is 37.1 Å². The molecule has 0 unspecified atom stereocenters. The van der Waals surface area contributed by atoms with E-state index in [2.05, 4.69) is 36.0 Å². The largest absolute Gasteiger partial charge is 0.497 e. The Kier molecular flexibility index (Phi) is 5.94. The van der Waals surface area contributed by atoms with Crippen LogP contribution in [0.4, 0.5) is 4.79 Å². The molecule has 0 radical (unpaired) electrons. The molecule has 0 saturated heterocycles. The number of amides is 2. The quantitative estimate of drug-likeness (QED) is 0.840. The molecule has 2 aromatic rings. The fraction of sp³-hybridized carbons (Fsp3) is 0.476. The molecule has 1 aliphatic heterocycles. The van der Waals surface area contributed by atoms with Crippen LogP contribution in [0.15, 0.2) is 36.5 Å². The minimum atomic E-state index is -0.205. The Bertz CT molecular complexity index is 783. The number of methoxy groups -OCH3 is 2. The number of nitrogens with zero attached hydrogens (tertiary/aromatic N) is 2. The van der Waals surface area contributed by atoms with Crippen LogP contribution in [0, 0.1) is 0 Å². The maximum absolute atomic E-state index is 13.1. The first-order chi connectivity index (χ1) is 13.1. The van der Waals surface area contributed by atoms with E-state index >= 15 is 0 Å². The Morgan fingerprint density at radius 3 is 2.63 bits per heavy atom. The highest BCUT2D eigenvalue weighted by molar-refractivity contribution is 5.76. The van der Waals surface area contributed by atoms with E-state index < -0.39 is 0 Å². The molecule has 0 fully saturated rings. The van der Waals surface area contributed by atoms with Crippen molar-refractivity contribution in [3.8, 4) is 11.5 Å². The summed E-state index contributed by atoms with van der Waals surface area (Å²) in [5.74, 6) is 1.45. The first kappa shape index (κ1) is 19.1. The number of fused-ring (bicyclic) bond motifs is 1. The maximum atomic E-state index is 13.1. The lowest BCUT2D eigenvalue weighted by molar-refractivity contribution is 0.163. The van der Waals surface area contributed by atoms with Gasteiger partial charge >= 0.3 is 6.03 Å². The predicted octanol–water partition coefficient (Wildman–Crippen LogP) is 3.81. The summed E-state index contributed by atoms with van der Waals surface area (Å²) >= 11 is 0. The van der Waals surface area contributed by atoms with Crippen LogP contribution in [0.3, 0.4) is 0 Å². The molecular weight excluding hydrogens is 342 g/mol. The van der Waals surface area contributed by atoms with E-state index in [-0.39, 0.29) is 18.1 Å². The van der Waals surface area contributed by atoms with Crippen molar-refractivity contribution in [1.82, 2.24) is 14.8 Å². The van der Waals surface area contributed by atoms with Crippen LogP contribution in [0.1, 0.15) is 44.0 Å². The molecule has 1 N–H and O–H groups in total. The summed E-state index contributed by atoms with van der Waals surface area (Å²) in [5.41, 5.74) is 2.04. The Hall–Kier alpha value is -2.63. The molecule has 27 heavy (non-hydrogen) atoms. The molecule has 2 heterocycles. The zero-order chi connectivity index (χ0) is 19.4. The highest BCUT2D eigenvalue weighted by Gasteiger charge is 2.34. The lowest BCUT2D eigenvalue weighted by Crippen LogP contribution is -2.49. The van der Waals surface area contributed by atoms with Gasteiger partial charge in [-0.25, -0.2) is 4.79 Å². The fourth-order valence-electron chi connectivity index (χ4n) is 3.72. The Morgan fingerprint density at radius 2 is 1.96 bits per heavy atom. The second-order valence-corrected chi connectivity index (χ2v) is 6.79. The van der Waals surface area contributed by atoms with Gasteiger partial charge in [-0.15, -0.1) is 0 Å². The summed E-state index contributed by atoms with van der Waals surface area (Å²) in [7, 11) is 3.28. The fourth-order valence-corrected chi connectivity index (χ4v) is 3.72. The van der Waals surface area contributed by atoms with E-state index in [1.807, 2.05) is 29.2 Å². The number of carbonyl (C=O) groups is 1. The molecule has 1 atom stereocenters. The van der Waals surface area contributed by atoms with Gasteiger partial charge in [0.15, 0.2) is 0 Å². The monoisotopic (exact) mass is 371 g/mol. The van der Waals surface area contributed by atoms with Crippen LogP contribution < -0.4 is 14.8 Å². The van der Waals surface area contributed by atoms with E-state index in [0.717, 1.165) is 36.4 Å². The normalized spacial score (nSPS) is 16.2. The van der Waals surface area contributed by atoms with Gasteiger partial charge in [-0.3, -0.25) is 0 Å². The highest BCUT2D eigenvalue weighted by atomic mass is 16.5.